The van der Waals surface area contributed by atoms with Crippen molar-refractivity contribution < 1.29 is 19.8 Å². The number of ketones is 2. The van der Waals surface area contributed by atoms with Gasteiger partial charge in [-0.3, -0.25) is 9.59 Å². The molecule has 0 heterocycles. The lowest BCUT2D eigenvalue weighted by Crippen LogP contribution is -2.22. The summed E-state index contributed by atoms with van der Waals surface area (Å²) in [6, 6.07) is 6.21. The van der Waals surface area contributed by atoms with E-state index in [0.29, 0.717) is 24.0 Å². The van der Waals surface area contributed by atoms with Gasteiger partial charge in [-0.15, -0.1) is 13.2 Å². The number of hydrogen-bond acceptors (Lipinski definition) is 4. The van der Waals surface area contributed by atoms with Gasteiger partial charge in [-0.1, -0.05) is 24.3 Å². The Balaban J connectivity index is 2.25. The lowest BCUT2D eigenvalue weighted by Gasteiger charge is -2.21. The van der Waals surface area contributed by atoms with Crippen molar-refractivity contribution in [3.05, 3.63) is 83.0 Å². The molecule has 3 rings (SSSR count). The number of carbonyl (C=O) groups is 2. The van der Waals surface area contributed by atoms with Crippen molar-refractivity contribution in [1.29, 1.82) is 0 Å². The minimum absolute atomic E-state index is 0.0114. The van der Waals surface area contributed by atoms with Crippen LogP contribution in [0.1, 0.15) is 43.0 Å². The zero-order valence-corrected chi connectivity index (χ0v) is 13.0. The summed E-state index contributed by atoms with van der Waals surface area (Å²) in [5.41, 5.74) is 1.24. The van der Waals surface area contributed by atoms with Crippen molar-refractivity contribution in [3.63, 3.8) is 0 Å². The van der Waals surface area contributed by atoms with Gasteiger partial charge in [0.25, 0.3) is 0 Å². The summed E-state index contributed by atoms with van der Waals surface area (Å²) in [5, 5.41) is 20.8. The third-order valence-electron chi connectivity index (χ3n) is 4.19. The summed E-state index contributed by atoms with van der Waals surface area (Å²) >= 11 is 0. The maximum Gasteiger partial charge on any atom is 0.198 e. The number of allylic oxidation sites excluding steroid dienone is 2. The fraction of sp³-hybridized carbons (Fsp3) is 0.100. The highest BCUT2D eigenvalue weighted by atomic mass is 16.3. The number of rotatable bonds is 4. The third kappa shape index (κ3) is 2.15. The molecule has 2 aromatic rings. The first-order chi connectivity index (χ1) is 11.5. The lowest BCUT2D eigenvalue weighted by atomic mass is 9.81. The molecular weight excluding hydrogens is 304 g/mol. The van der Waals surface area contributed by atoms with Gasteiger partial charge in [-0.25, -0.2) is 0 Å². The second kappa shape index (κ2) is 5.81. The number of aromatic hydroxyl groups is 2. The van der Waals surface area contributed by atoms with Crippen LogP contribution in [0.25, 0.3) is 0 Å². The Morgan fingerprint density at radius 1 is 0.750 bits per heavy atom. The Labute approximate surface area is 139 Å². The molecule has 0 amide bonds. The number of phenolic OH excluding ortho intramolecular Hbond substituents is 2. The van der Waals surface area contributed by atoms with Crippen LogP contribution in [0.5, 0.6) is 11.5 Å². The maximum absolute atomic E-state index is 12.8. The number of phenols is 2. The standard InChI is InChI=1S/C20H16O4/c1-3-5-11-7-9-13-15(17(11)21)19(23)14-10-8-12(6-4-2)18(22)16(14)20(13)24/h3-4,7-10,21-22H,1-2,5-6H2. The van der Waals surface area contributed by atoms with Gasteiger partial charge in [-0.05, 0) is 36.1 Å². The van der Waals surface area contributed by atoms with E-state index in [2.05, 4.69) is 13.2 Å². The van der Waals surface area contributed by atoms with Crippen LogP contribution in [0.4, 0.5) is 0 Å². The molecule has 1 aliphatic rings. The highest BCUT2D eigenvalue weighted by Gasteiger charge is 2.35. The molecule has 4 nitrogen and oxygen atoms in total. The van der Waals surface area contributed by atoms with Gasteiger partial charge < -0.3 is 10.2 Å². The van der Waals surface area contributed by atoms with Crippen LogP contribution in [0, 0.1) is 0 Å². The monoisotopic (exact) mass is 320 g/mol. The van der Waals surface area contributed by atoms with Crippen molar-refractivity contribution in [3.8, 4) is 11.5 Å². The molecule has 0 radical (unpaired) electrons. The van der Waals surface area contributed by atoms with Gasteiger partial charge in [0.05, 0.1) is 11.1 Å². The van der Waals surface area contributed by atoms with Crippen LogP contribution in [-0.2, 0) is 12.8 Å². The summed E-state index contributed by atoms with van der Waals surface area (Å²) < 4.78 is 0. The van der Waals surface area contributed by atoms with E-state index in [1.807, 2.05) is 0 Å². The minimum atomic E-state index is -0.469. The van der Waals surface area contributed by atoms with Crippen molar-refractivity contribution >= 4 is 11.6 Å². The van der Waals surface area contributed by atoms with E-state index in [0.717, 1.165) is 0 Å². The van der Waals surface area contributed by atoms with Gasteiger partial charge in [0.2, 0.25) is 0 Å². The molecule has 24 heavy (non-hydrogen) atoms. The summed E-state index contributed by atoms with van der Waals surface area (Å²) in [6.07, 6.45) is 3.99. The molecule has 1 aliphatic carbocycles. The zero-order chi connectivity index (χ0) is 17.4. The molecule has 0 aromatic heterocycles. The van der Waals surface area contributed by atoms with Gasteiger partial charge in [0.1, 0.15) is 11.5 Å². The Hall–Kier alpha value is -3.14. The first-order valence-electron chi connectivity index (χ1n) is 7.52. The van der Waals surface area contributed by atoms with Gasteiger partial charge >= 0.3 is 0 Å². The lowest BCUT2D eigenvalue weighted by molar-refractivity contribution is 0.0974. The molecule has 0 aliphatic heterocycles. The molecule has 2 aromatic carbocycles. The quantitative estimate of drug-likeness (QED) is 0.723. The van der Waals surface area contributed by atoms with Crippen LogP contribution in [0.15, 0.2) is 49.6 Å². The van der Waals surface area contributed by atoms with Crippen LogP contribution in [-0.4, -0.2) is 21.8 Å². The predicted octanol–water partition coefficient (Wildman–Crippen LogP) is 3.33. The maximum atomic E-state index is 12.8. The molecule has 0 unspecified atom stereocenters. The average Bonchev–Trinajstić information content (AvgIpc) is 2.56. The van der Waals surface area contributed by atoms with E-state index in [1.54, 1.807) is 24.3 Å². The second-order valence-corrected chi connectivity index (χ2v) is 5.64. The molecule has 2 N–H and O–H groups in total. The molecule has 0 fully saturated rings. The highest BCUT2D eigenvalue weighted by Crippen LogP contribution is 2.39. The molecule has 120 valence electrons. The van der Waals surface area contributed by atoms with Crippen molar-refractivity contribution in [2.45, 2.75) is 12.8 Å². The summed E-state index contributed by atoms with van der Waals surface area (Å²) in [4.78, 5) is 25.6. The zero-order valence-electron chi connectivity index (χ0n) is 13.0. The number of carbonyl (C=O) groups excluding carboxylic acids is 2. The van der Waals surface area contributed by atoms with Gasteiger partial charge in [-0.2, -0.15) is 0 Å². The largest absolute Gasteiger partial charge is 0.507 e. The van der Waals surface area contributed by atoms with E-state index in [-0.39, 0.29) is 33.8 Å². The summed E-state index contributed by atoms with van der Waals surface area (Å²) in [6.45, 7) is 7.23. The fourth-order valence-electron chi connectivity index (χ4n) is 3.02. The van der Waals surface area contributed by atoms with Gasteiger partial charge in [0.15, 0.2) is 11.6 Å². The Bertz CT molecular complexity index is 831. The minimum Gasteiger partial charge on any atom is -0.507 e. The summed E-state index contributed by atoms with van der Waals surface area (Å²) in [5.74, 6) is -1.34. The van der Waals surface area contributed by atoms with Crippen LogP contribution in [0.3, 0.4) is 0 Å². The molecule has 0 saturated carbocycles. The van der Waals surface area contributed by atoms with E-state index in [9.17, 15) is 19.8 Å². The van der Waals surface area contributed by atoms with Crippen LogP contribution >= 0.6 is 0 Å². The van der Waals surface area contributed by atoms with Crippen molar-refractivity contribution in [2.24, 2.45) is 0 Å². The first kappa shape index (κ1) is 15.7. The van der Waals surface area contributed by atoms with Crippen molar-refractivity contribution in [1.82, 2.24) is 0 Å². The highest BCUT2D eigenvalue weighted by molar-refractivity contribution is 6.30. The van der Waals surface area contributed by atoms with Crippen LogP contribution in [0.2, 0.25) is 0 Å². The topological polar surface area (TPSA) is 74.6 Å². The first-order valence-corrected chi connectivity index (χ1v) is 7.52. The predicted molar refractivity (Wildman–Crippen MR) is 90.9 cm³/mol. The Kier molecular flexibility index (Phi) is 3.81. The average molecular weight is 320 g/mol. The molecule has 0 spiro atoms. The molecule has 0 atom stereocenters. The molecular formula is C20H16O4. The SMILES string of the molecule is C=CCc1ccc2c(c1O)C(=O)c1ccc(CC=C)c(O)c1C2=O. The number of hydrogen-bond donors (Lipinski definition) is 2. The molecule has 4 heteroatoms. The Morgan fingerprint density at radius 2 is 1.12 bits per heavy atom. The molecule has 0 bridgehead atoms. The number of benzene rings is 2. The third-order valence-corrected chi connectivity index (χ3v) is 4.19. The van der Waals surface area contributed by atoms with Crippen LogP contribution < -0.4 is 0 Å². The fourth-order valence-corrected chi connectivity index (χ4v) is 3.02. The molecule has 0 saturated heterocycles. The van der Waals surface area contributed by atoms with Gasteiger partial charge in [0, 0.05) is 11.1 Å². The second-order valence-electron chi connectivity index (χ2n) is 5.64. The van der Waals surface area contributed by atoms with E-state index in [1.165, 1.54) is 12.1 Å². The smallest absolute Gasteiger partial charge is 0.198 e. The number of fused-ring (bicyclic) bond motifs is 2. The van der Waals surface area contributed by atoms with E-state index < -0.39 is 11.6 Å². The normalized spacial score (nSPS) is 12.5. The van der Waals surface area contributed by atoms with E-state index >= 15 is 0 Å². The Morgan fingerprint density at radius 3 is 1.46 bits per heavy atom. The van der Waals surface area contributed by atoms with Crippen molar-refractivity contribution in [2.75, 3.05) is 0 Å². The van der Waals surface area contributed by atoms with E-state index in [4.69, 9.17) is 0 Å². The summed E-state index contributed by atoms with van der Waals surface area (Å²) in [7, 11) is 0.